The molecule has 6 heteroatoms. The average molecular weight is 288 g/mol. The Balaban J connectivity index is 1.63. The zero-order valence-electron chi connectivity index (χ0n) is 11.5. The molecule has 2 heterocycles. The van der Waals surface area contributed by atoms with Crippen LogP contribution in [0, 0.1) is 11.8 Å². The quantitative estimate of drug-likeness (QED) is 0.922. The third-order valence-electron chi connectivity index (χ3n) is 4.28. The summed E-state index contributed by atoms with van der Waals surface area (Å²) in [5.41, 5.74) is 3.35. The largest absolute Gasteiger partial charge is 0.302 e. The van der Waals surface area contributed by atoms with Gasteiger partial charge in [-0.2, -0.15) is 5.10 Å². The normalized spacial score (nSPS) is 23.1. The minimum absolute atomic E-state index is 0.120. The number of aryl methyl sites for hydroxylation is 2. The summed E-state index contributed by atoms with van der Waals surface area (Å²) in [6.07, 6.45) is 4.86. The van der Waals surface area contributed by atoms with Gasteiger partial charge >= 0.3 is 0 Å². The molecule has 1 saturated carbocycles. The molecule has 2 aromatic rings. The zero-order valence-corrected chi connectivity index (χ0v) is 12.3. The summed E-state index contributed by atoms with van der Waals surface area (Å²) in [7, 11) is 1.97. The number of nitrogens with one attached hydrogen (secondary N) is 1. The Morgan fingerprint density at radius 2 is 2.30 bits per heavy atom. The number of hydrogen-bond acceptors (Lipinski definition) is 4. The summed E-state index contributed by atoms with van der Waals surface area (Å²) in [6.45, 7) is 2.11. The monoisotopic (exact) mass is 288 g/mol. The molecule has 2 unspecified atom stereocenters. The van der Waals surface area contributed by atoms with Crippen molar-refractivity contribution in [2.45, 2.75) is 26.2 Å². The molecule has 2 atom stereocenters. The van der Waals surface area contributed by atoms with E-state index < -0.39 is 0 Å². The molecule has 1 amide bonds. The summed E-state index contributed by atoms with van der Waals surface area (Å²) in [4.78, 5) is 17.9. The highest BCUT2D eigenvalue weighted by atomic mass is 32.1. The van der Waals surface area contributed by atoms with Crippen molar-refractivity contribution in [2.24, 2.45) is 18.9 Å². The van der Waals surface area contributed by atoms with Gasteiger partial charge in [0.15, 0.2) is 5.13 Å². The van der Waals surface area contributed by atoms with Crippen LogP contribution in [0.3, 0.4) is 0 Å². The Hall–Kier alpha value is -1.69. The third kappa shape index (κ3) is 1.78. The molecule has 2 aliphatic carbocycles. The Bertz CT molecular complexity index is 702. The number of carbonyl (C=O) groups excluding carboxylic acids is 1. The maximum absolute atomic E-state index is 12.0. The molecule has 0 bridgehead atoms. The molecule has 2 aromatic heterocycles. The highest BCUT2D eigenvalue weighted by Crippen LogP contribution is 2.41. The van der Waals surface area contributed by atoms with Crippen molar-refractivity contribution in [2.75, 3.05) is 5.32 Å². The van der Waals surface area contributed by atoms with Gasteiger partial charge < -0.3 is 5.32 Å². The van der Waals surface area contributed by atoms with Gasteiger partial charge in [0.05, 0.1) is 11.9 Å². The van der Waals surface area contributed by atoms with Crippen molar-refractivity contribution in [3.63, 3.8) is 0 Å². The number of fused-ring (bicyclic) bond motifs is 3. The summed E-state index contributed by atoms with van der Waals surface area (Å²) in [5, 5.41) is 8.01. The van der Waals surface area contributed by atoms with Gasteiger partial charge in [-0.1, -0.05) is 6.92 Å². The van der Waals surface area contributed by atoms with Crippen LogP contribution in [0.25, 0.3) is 11.3 Å². The number of aromatic nitrogens is 3. The number of amides is 1. The number of carbonyl (C=O) groups is 1. The maximum Gasteiger partial charge on any atom is 0.229 e. The second kappa shape index (κ2) is 4.15. The second-order valence-corrected chi connectivity index (χ2v) is 6.81. The van der Waals surface area contributed by atoms with Crippen LogP contribution < -0.4 is 5.32 Å². The van der Waals surface area contributed by atoms with Gasteiger partial charge in [0.25, 0.3) is 0 Å². The molecule has 0 radical (unpaired) electrons. The zero-order chi connectivity index (χ0) is 13.9. The lowest BCUT2D eigenvalue weighted by Crippen LogP contribution is -2.14. The molecule has 5 nitrogen and oxygen atoms in total. The van der Waals surface area contributed by atoms with Crippen molar-refractivity contribution < 1.29 is 4.79 Å². The lowest BCUT2D eigenvalue weighted by atomic mass is 10.0. The van der Waals surface area contributed by atoms with E-state index in [0.29, 0.717) is 5.92 Å². The SMILES string of the molecule is CC1CC1C(=O)Nc1nc2c(s1)CCc1c-2cnn1C. The van der Waals surface area contributed by atoms with Gasteiger partial charge in [-0.15, -0.1) is 11.3 Å². The van der Waals surface area contributed by atoms with E-state index in [9.17, 15) is 4.79 Å². The summed E-state index contributed by atoms with van der Waals surface area (Å²) in [5.74, 6) is 0.828. The Morgan fingerprint density at radius 3 is 3.05 bits per heavy atom. The van der Waals surface area contributed by atoms with Gasteiger partial charge in [0, 0.05) is 29.1 Å². The Labute approximate surface area is 121 Å². The summed E-state index contributed by atoms with van der Waals surface area (Å²) >= 11 is 1.60. The first-order valence-corrected chi connectivity index (χ1v) is 7.77. The van der Waals surface area contributed by atoms with Crippen LogP contribution in [0.1, 0.15) is 23.9 Å². The van der Waals surface area contributed by atoms with E-state index in [0.717, 1.165) is 35.7 Å². The van der Waals surface area contributed by atoms with Crippen molar-refractivity contribution in [1.82, 2.24) is 14.8 Å². The van der Waals surface area contributed by atoms with Crippen LogP contribution in [0.4, 0.5) is 5.13 Å². The molecule has 1 N–H and O–H groups in total. The van der Waals surface area contributed by atoms with Crippen LogP contribution in [-0.2, 0) is 24.7 Å². The first-order valence-electron chi connectivity index (χ1n) is 6.95. The van der Waals surface area contributed by atoms with E-state index in [1.54, 1.807) is 11.3 Å². The van der Waals surface area contributed by atoms with Crippen molar-refractivity contribution >= 4 is 22.4 Å². The van der Waals surface area contributed by atoms with E-state index in [1.807, 2.05) is 17.9 Å². The third-order valence-corrected chi connectivity index (χ3v) is 5.31. The fourth-order valence-corrected chi connectivity index (χ4v) is 3.84. The molecule has 104 valence electrons. The van der Waals surface area contributed by atoms with Crippen LogP contribution in [-0.4, -0.2) is 20.7 Å². The van der Waals surface area contributed by atoms with E-state index in [1.165, 1.54) is 10.6 Å². The van der Waals surface area contributed by atoms with Gasteiger partial charge in [-0.25, -0.2) is 4.98 Å². The number of nitrogens with zero attached hydrogens (tertiary/aromatic N) is 3. The second-order valence-electron chi connectivity index (χ2n) is 5.73. The first-order chi connectivity index (χ1) is 9.63. The van der Waals surface area contributed by atoms with Crippen molar-refractivity contribution in [1.29, 1.82) is 0 Å². The number of rotatable bonds is 2. The van der Waals surface area contributed by atoms with Crippen LogP contribution in [0.5, 0.6) is 0 Å². The lowest BCUT2D eigenvalue weighted by Gasteiger charge is -2.10. The molecule has 20 heavy (non-hydrogen) atoms. The molecule has 0 saturated heterocycles. The van der Waals surface area contributed by atoms with Gasteiger partial charge in [-0.3, -0.25) is 9.48 Å². The van der Waals surface area contributed by atoms with E-state index in [2.05, 4.69) is 22.3 Å². The van der Waals surface area contributed by atoms with Crippen molar-refractivity contribution in [3.8, 4) is 11.3 Å². The molecule has 0 aromatic carbocycles. The minimum atomic E-state index is 0.120. The van der Waals surface area contributed by atoms with Crippen LogP contribution in [0.15, 0.2) is 6.20 Å². The van der Waals surface area contributed by atoms with E-state index in [4.69, 9.17) is 0 Å². The molecule has 2 aliphatic rings. The molecule has 4 rings (SSSR count). The average Bonchev–Trinajstić information content (AvgIpc) is 2.83. The number of hydrogen-bond donors (Lipinski definition) is 1. The van der Waals surface area contributed by atoms with Gasteiger partial charge in [0.2, 0.25) is 5.91 Å². The topological polar surface area (TPSA) is 59.8 Å². The fourth-order valence-electron chi connectivity index (χ4n) is 2.86. The molecular weight excluding hydrogens is 272 g/mol. The first kappa shape index (κ1) is 12.1. The highest BCUT2D eigenvalue weighted by molar-refractivity contribution is 7.16. The standard InChI is InChI=1S/C14H16N4OS/c1-7-5-8(7)13(19)17-14-16-12-9-6-15-18(2)10(9)3-4-11(12)20-14/h6-8H,3-5H2,1-2H3,(H,16,17,19). The highest BCUT2D eigenvalue weighted by Gasteiger charge is 2.39. The summed E-state index contributed by atoms with van der Waals surface area (Å²) in [6, 6.07) is 0. The molecular formula is C14H16N4OS. The van der Waals surface area contributed by atoms with Crippen LogP contribution in [0.2, 0.25) is 0 Å². The predicted molar refractivity (Wildman–Crippen MR) is 77.6 cm³/mol. The maximum atomic E-state index is 12.0. The Morgan fingerprint density at radius 1 is 1.50 bits per heavy atom. The van der Waals surface area contributed by atoms with Crippen molar-refractivity contribution in [3.05, 3.63) is 16.8 Å². The Kier molecular flexibility index (Phi) is 2.51. The fraction of sp³-hybridized carbons (Fsp3) is 0.500. The summed E-state index contributed by atoms with van der Waals surface area (Å²) < 4.78 is 1.92. The lowest BCUT2D eigenvalue weighted by molar-refractivity contribution is -0.117. The minimum Gasteiger partial charge on any atom is -0.302 e. The van der Waals surface area contributed by atoms with Gasteiger partial charge in [0.1, 0.15) is 0 Å². The predicted octanol–water partition coefficient (Wildman–Crippen LogP) is 2.24. The number of anilines is 1. The van der Waals surface area contributed by atoms with Gasteiger partial charge in [-0.05, 0) is 25.2 Å². The van der Waals surface area contributed by atoms with E-state index >= 15 is 0 Å². The smallest absolute Gasteiger partial charge is 0.229 e. The molecule has 1 fully saturated rings. The van der Waals surface area contributed by atoms with Crippen LogP contribution >= 0.6 is 11.3 Å². The number of thiazole rings is 1. The molecule has 0 aliphatic heterocycles. The molecule has 0 spiro atoms. The van der Waals surface area contributed by atoms with E-state index in [-0.39, 0.29) is 11.8 Å².